The van der Waals surface area contributed by atoms with Gasteiger partial charge < -0.3 is 5.11 Å². The van der Waals surface area contributed by atoms with Gasteiger partial charge in [-0.05, 0) is 30.2 Å². The highest BCUT2D eigenvalue weighted by atomic mass is 32.2. The molecule has 1 aliphatic rings. The van der Waals surface area contributed by atoms with Gasteiger partial charge in [0.15, 0.2) is 5.78 Å². The van der Waals surface area contributed by atoms with E-state index in [2.05, 4.69) is 0 Å². The molecule has 0 bridgehead atoms. The molecule has 1 atom stereocenters. The van der Waals surface area contributed by atoms with Crippen molar-refractivity contribution >= 4 is 23.5 Å². The van der Waals surface area contributed by atoms with E-state index in [9.17, 15) is 14.7 Å². The number of rotatable bonds is 2. The number of ketones is 1. The number of hydrogen-bond donors (Lipinski definition) is 1. The van der Waals surface area contributed by atoms with Crippen molar-refractivity contribution in [3.05, 3.63) is 59.1 Å². The highest BCUT2D eigenvalue weighted by molar-refractivity contribution is 7.99. The molecule has 0 saturated heterocycles. The number of benzene rings is 2. The molecule has 0 radical (unpaired) electrons. The summed E-state index contributed by atoms with van der Waals surface area (Å²) >= 11 is 1.20. The second kappa shape index (κ2) is 5.37. The number of aliphatic carboxylic acids is 1. The Hall–Kier alpha value is -2.07. The van der Waals surface area contributed by atoms with Gasteiger partial charge in [-0.3, -0.25) is 9.59 Å². The lowest BCUT2D eigenvalue weighted by molar-refractivity contribution is -0.138. The van der Waals surface area contributed by atoms with Crippen LogP contribution in [-0.4, -0.2) is 16.9 Å². The molecule has 1 heterocycles. The number of fused-ring (bicyclic) bond motifs is 2. The van der Waals surface area contributed by atoms with E-state index in [1.807, 2.05) is 0 Å². The lowest BCUT2D eigenvalue weighted by Crippen LogP contribution is -2.09. The molecule has 0 fully saturated rings. The highest BCUT2D eigenvalue weighted by Gasteiger charge is 2.22. The molecule has 2 aromatic carbocycles. The average Bonchev–Trinajstić information content (AvgIpc) is 2.70. The molecule has 0 amide bonds. The molecule has 0 saturated carbocycles. The van der Waals surface area contributed by atoms with Crippen LogP contribution in [0.25, 0.3) is 0 Å². The van der Waals surface area contributed by atoms with Crippen LogP contribution in [0.5, 0.6) is 0 Å². The van der Waals surface area contributed by atoms with Crippen LogP contribution < -0.4 is 0 Å². The number of carboxylic acid groups (broad SMARTS) is 1. The first-order chi connectivity index (χ1) is 11.3. The van der Waals surface area contributed by atoms with Crippen LogP contribution in [-0.2, 0) is 11.2 Å². The van der Waals surface area contributed by atoms with Crippen LogP contribution in [0.2, 0.25) is 0 Å². The number of Topliss-reactive ketones (excluding diaryl/α,β-unsaturated/α-hetero) is 1. The summed E-state index contributed by atoms with van der Waals surface area (Å²) in [7, 11) is 0. The molecule has 0 spiro atoms. The third-order valence-electron chi connectivity index (χ3n) is 3.41. The SMILES string of the molecule is [2H]c1c([2H])c(C(C)C(=O)O)c([2H])c2c1Sc1ccccc1C(=O)C2. The van der Waals surface area contributed by atoms with Gasteiger partial charge in [-0.2, -0.15) is 0 Å². The molecule has 0 aromatic heterocycles. The van der Waals surface area contributed by atoms with Crippen LogP contribution in [0.1, 0.15) is 38.4 Å². The molecule has 1 aliphatic heterocycles. The summed E-state index contributed by atoms with van der Waals surface area (Å²) in [6.07, 6.45) is -0.0658. The summed E-state index contributed by atoms with van der Waals surface area (Å²) in [5.74, 6) is -2.41. The Morgan fingerprint density at radius 1 is 1.33 bits per heavy atom. The molecule has 3 nitrogen and oxygen atoms in total. The van der Waals surface area contributed by atoms with Crippen molar-refractivity contribution in [2.45, 2.75) is 29.1 Å². The maximum Gasteiger partial charge on any atom is 0.310 e. The minimum Gasteiger partial charge on any atom is -0.481 e. The smallest absolute Gasteiger partial charge is 0.310 e. The number of carboxylic acids is 1. The largest absolute Gasteiger partial charge is 0.481 e. The number of hydrogen-bond acceptors (Lipinski definition) is 3. The Balaban J connectivity index is 2.27. The summed E-state index contributed by atoms with van der Waals surface area (Å²) in [5, 5.41) is 9.23. The molecule has 0 aliphatic carbocycles. The lowest BCUT2D eigenvalue weighted by atomic mass is 9.96. The molecular weight excluding hydrogens is 284 g/mol. The standard InChI is InChI=1S/C17H14O3S/c1-10(17(19)20)11-6-7-15-12(8-11)9-14(18)13-4-2-3-5-16(13)21-15/h2-8,10H,9H2,1H3,(H,19,20)/i6D,7D,8D. The Labute approximate surface area is 131 Å². The van der Waals surface area contributed by atoms with Crippen LogP contribution in [0, 0.1) is 0 Å². The zero-order valence-corrected chi connectivity index (χ0v) is 12.1. The number of carbonyl (C=O) groups excluding carboxylic acids is 1. The summed E-state index contributed by atoms with van der Waals surface area (Å²) in [6, 6.07) is 6.52. The molecule has 21 heavy (non-hydrogen) atoms. The first-order valence-corrected chi connectivity index (χ1v) is 7.30. The fourth-order valence-electron chi connectivity index (χ4n) is 2.15. The zero-order chi connectivity index (χ0) is 17.6. The Bertz CT molecular complexity index is 880. The van der Waals surface area contributed by atoms with Gasteiger partial charge in [-0.15, -0.1) is 0 Å². The van der Waals surface area contributed by atoms with Crippen LogP contribution in [0.4, 0.5) is 0 Å². The summed E-state index contributed by atoms with van der Waals surface area (Å²) < 4.78 is 24.7. The lowest BCUT2D eigenvalue weighted by Gasteiger charge is -2.11. The summed E-state index contributed by atoms with van der Waals surface area (Å²) in [5.41, 5.74) is 0.854. The monoisotopic (exact) mass is 301 g/mol. The van der Waals surface area contributed by atoms with Gasteiger partial charge in [0.1, 0.15) is 0 Å². The minimum atomic E-state index is -1.16. The van der Waals surface area contributed by atoms with E-state index < -0.39 is 11.9 Å². The van der Waals surface area contributed by atoms with Crippen molar-refractivity contribution in [3.63, 3.8) is 0 Å². The van der Waals surface area contributed by atoms with Crippen LogP contribution in [0.15, 0.2) is 52.2 Å². The van der Waals surface area contributed by atoms with Crippen LogP contribution >= 0.6 is 11.8 Å². The van der Waals surface area contributed by atoms with Crippen molar-refractivity contribution in [2.24, 2.45) is 0 Å². The Morgan fingerprint density at radius 3 is 2.86 bits per heavy atom. The molecule has 106 valence electrons. The molecule has 1 N–H and O–H groups in total. The second-order valence-electron chi connectivity index (χ2n) is 4.85. The van der Waals surface area contributed by atoms with Gasteiger partial charge in [0.2, 0.25) is 0 Å². The summed E-state index contributed by atoms with van der Waals surface area (Å²) in [4.78, 5) is 24.9. The van der Waals surface area contributed by atoms with Crippen molar-refractivity contribution in [2.75, 3.05) is 0 Å². The fourth-order valence-corrected chi connectivity index (χ4v) is 3.16. The van der Waals surface area contributed by atoms with Crippen molar-refractivity contribution in [1.82, 2.24) is 0 Å². The van der Waals surface area contributed by atoms with E-state index in [1.54, 1.807) is 24.3 Å². The quantitative estimate of drug-likeness (QED) is 0.917. The Morgan fingerprint density at radius 2 is 2.10 bits per heavy atom. The third kappa shape index (κ3) is 2.59. The van der Waals surface area contributed by atoms with E-state index in [0.29, 0.717) is 20.9 Å². The average molecular weight is 301 g/mol. The van der Waals surface area contributed by atoms with Crippen LogP contribution in [0.3, 0.4) is 0 Å². The second-order valence-corrected chi connectivity index (χ2v) is 5.91. The maximum atomic E-state index is 12.5. The molecule has 2 aromatic rings. The molecule has 1 unspecified atom stereocenters. The van der Waals surface area contributed by atoms with Crippen molar-refractivity contribution < 1.29 is 18.8 Å². The van der Waals surface area contributed by atoms with E-state index in [0.717, 1.165) is 0 Å². The predicted octanol–water partition coefficient (Wildman–Crippen LogP) is 3.76. The predicted molar refractivity (Wildman–Crippen MR) is 81.1 cm³/mol. The fraction of sp³-hybridized carbons (Fsp3) is 0.176. The van der Waals surface area contributed by atoms with E-state index in [1.165, 1.54) is 18.7 Å². The first kappa shape index (κ1) is 10.6. The normalized spacial score (nSPS) is 16.8. The Kier molecular flexibility index (Phi) is 2.72. The number of carbonyl (C=O) groups is 2. The van der Waals surface area contributed by atoms with E-state index >= 15 is 0 Å². The third-order valence-corrected chi connectivity index (χ3v) is 4.54. The zero-order valence-electron chi connectivity index (χ0n) is 14.3. The van der Waals surface area contributed by atoms with Crippen molar-refractivity contribution in [3.8, 4) is 0 Å². The molecular formula is C17H14O3S. The molecule has 3 rings (SSSR count). The van der Waals surface area contributed by atoms with Gasteiger partial charge >= 0.3 is 5.97 Å². The van der Waals surface area contributed by atoms with Crippen molar-refractivity contribution in [1.29, 1.82) is 0 Å². The van der Waals surface area contributed by atoms with Gasteiger partial charge in [0.25, 0.3) is 0 Å². The maximum absolute atomic E-state index is 12.5. The van der Waals surface area contributed by atoms with E-state index in [-0.39, 0.29) is 35.9 Å². The summed E-state index contributed by atoms with van der Waals surface area (Å²) in [6.45, 7) is 1.39. The van der Waals surface area contributed by atoms with Gasteiger partial charge in [-0.25, -0.2) is 0 Å². The van der Waals surface area contributed by atoms with Gasteiger partial charge in [0, 0.05) is 21.8 Å². The van der Waals surface area contributed by atoms with E-state index in [4.69, 9.17) is 4.11 Å². The minimum absolute atomic E-state index is 0.00870. The molecule has 4 heteroatoms. The topological polar surface area (TPSA) is 54.4 Å². The van der Waals surface area contributed by atoms with Gasteiger partial charge in [-0.1, -0.05) is 42.0 Å². The first-order valence-electron chi connectivity index (χ1n) is 7.98. The van der Waals surface area contributed by atoms with Gasteiger partial charge in [0.05, 0.1) is 10.0 Å². The highest BCUT2D eigenvalue weighted by Crippen LogP contribution is 2.38.